The molecule has 11 nitrogen and oxygen atoms in total. The molecule has 1 fully saturated rings. The zero-order valence-electron chi connectivity index (χ0n) is 25.5. The molecule has 0 bridgehead atoms. The summed E-state index contributed by atoms with van der Waals surface area (Å²) in [5.41, 5.74) is 5.34. The second-order valence-electron chi connectivity index (χ2n) is 11.5. The van der Waals surface area contributed by atoms with E-state index in [0.29, 0.717) is 56.4 Å². The fourth-order valence-electron chi connectivity index (χ4n) is 5.38. The fourth-order valence-corrected chi connectivity index (χ4v) is 5.38. The average molecular weight is 622 g/mol. The Hall–Kier alpha value is -3.84. The van der Waals surface area contributed by atoms with E-state index in [1.165, 1.54) is 0 Å². The van der Waals surface area contributed by atoms with E-state index in [0.717, 1.165) is 16.7 Å². The average Bonchev–Trinajstić information content (AvgIpc) is 3.04. The van der Waals surface area contributed by atoms with Crippen molar-refractivity contribution >= 4 is 17.5 Å². The van der Waals surface area contributed by atoms with Crippen LogP contribution < -0.4 is 10.8 Å². The summed E-state index contributed by atoms with van der Waals surface area (Å²) in [5, 5.41) is 41.6. The first kappa shape index (κ1) is 34.0. The topological polar surface area (TPSA) is 161 Å². The molecule has 4 unspecified atom stereocenters. The predicted octanol–water partition coefficient (Wildman–Crippen LogP) is 4.49. The van der Waals surface area contributed by atoms with Gasteiger partial charge in [0.25, 0.3) is 0 Å². The van der Waals surface area contributed by atoms with E-state index >= 15 is 0 Å². The van der Waals surface area contributed by atoms with Crippen LogP contribution >= 0.6 is 0 Å². The molecule has 4 rings (SSSR count). The minimum absolute atomic E-state index is 0.0497. The van der Waals surface area contributed by atoms with Crippen molar-refractivity contribution in [3.05, 3.63) is 95.1 Å². The van der Waals surface area contributed by atoms with Crippen molar-refractivity contribution in [2.75, 3.05) is 25.5 Å². The normalized spacial score (nSPS) is 18.8. The Kier molecular flexibility index (Phi) is 12.9. The second kappa shape index (κ2) is 17.0. The Bertz CT molecular complexity index is 1390. The molecule has 0 saturated carbocycles. The fraction of sp³-hybridized carbons (Fsp3) is 0.412. The first-order chi connectivity index (χ1) is 21.7. The van der Waals surface area contributed by atoms with E-state index in [1.807, 2.05) is 54.4 Å². The highest BCUT2D eigenvalue weighted by atomic mass is 16.7. The Labute approximate surface area is 263 Å². The predicted molar refractivity (Wildman–Crippen MR) is 167 cm³/mol. The number of amides is 2. The molecule has 3 aromatic rings. The van der Waals surface area contributed by atoms with Gasteiger partial charge in [-0.2, -0.15) is 0 Å². The summed E-state index contributed by atoms with van der Waals surface area (Å²) < 4.78 is 12.9. The number of nitrogens with one attached hydrogen (secondary N) is 2. The van der Waals surface area contributed by atoms with Gasteiger partial charge < -0.3 is 35.0 Å². The van der Waals surface area contributed by atoms with Gasteiger partial charge in [-0.1, -0.05) is 55.0 Å². The maximum Gasteiger partial charge on any atom is 0.243 e. The number of carbonyl (C=O) groups excluding carboxylic acids is 2. The van der Waals surface area contributed by atoms with Gasteiger partial charge in [0, 0.05) is 43.6 Å². The number of hydrogen-bond acceptors (Lipinski definition) is 9. The van der Waals surface area contributed by atoms with E-state index in [9.17, 15) is 24.9 Å². The number of unbranched alkanes of at least 4 members (excludes halogenated alkanes) is 2. The molecule has 6 N–H and O–H groups in total. The number of phenols is 1. The van der Waals surface area contributed by atoms with E-state index in [4.69, 9.17) is 14.7 Å². The maximum absolute atomic E-state index is 12.6. The number of nitrogens with zero attached hydrogens (tertiary/aromatic N) is 1. The number of rotatable bonds is 15. The Morgan fingerprint density at radius 3 is 2.38 bits per heavy atom. The number of aliphatic hydroxyl groups excluding tert-OH is 2. The van der Waals surface area contributed by atoms with Crippen LogP contribution in [0.2, 0.25) is 0 Å². The summed E-state index contributed by atoms with van der Waals surface area (Å²) in [5.74, 6) is -0.480. The van der Waals surface area contributed by atoms with Crippen LogP contribution in [-0.2, 0) is 25.7 Å². The molecule has 1 saturated heterocycles. The molecular weight excluding hydrogens is 578 g/mol. The molecule has 1 heterocycles. The Morgan fingerprint density at radius 2 is 1.67 bits per heavy atom. The number of hydrogen-bond donors (Lipinski definition) is 6. The SMILES string of the molecule is CN(CC1CC(c2ccc(CO)cc2)OC(c2cccc(NC(=O)CCCCCC(=O)NO)c2)O1)CC(O)c1cccc(O)c1. The van der Waals surface area contributed by atoms with E-state index in [-0.39, 0.29) is 36.9 Å². The number of anilines is 1. The number of hydroxylamine groups is 1. The van der Waals surface area contributed by atoms with Crippen LogP contribution in [-0.4, -0.2) is 63.5 Å². The summed E-state index contributed by atoms with van der Waals surface area (Å²) in [7, 11) is 1.91. The molecule has 1 aliphatic heterocycles. The summed E-state index contributed by atoms with van der Waals surface area (Å²) in [4.78, 5) is 25.7. The number of aliphatic hydroxyl groups is 2. The van der Waals surface area contributed by atoms with Crippen molar-refractivity contribution in [2.24, 2.45) is 0 Å². The van der Waals surface area contributed by atoms with Crippen LogP contribution in [0.15, 0.2) is 72.8 Å². The third-order valence-electron chi connectivity index (χ3n) is 7.74. The van der Waals surface area contributed by atoms with Crippen LogP contribution in [0, 0.1) is 0 Å². The highest BCUT2D eigenvalue weighted by Crippen LogP contribution is 2.38. The van der Waals surface area contributed by atoms with Gasteiger partial charge in [-0.05, 0) is 60.8 Å². The molecule has 4 atom stereocenters. The van der Waals surface area contributed by atoms with Crippen LogP contribution in [0.1, 0.15) is 79.3 Å². The second-order valence-corrected chi connectivity index (χ2v) is 11.5. The summed E-state index contributed by atoms with van der Waals surface area (Å²) in [6.07, 6.45) is 0.912. The third kappa shape index (κ3) is 10.6. The van der Waals surface area contributed by atoms with Crippen LogP contribution in [0.25, 0.3) is 0 Å². The van der Waals surface area contributed by atoms with E-state index in [1.54, 1.807) is 35.8 Å². The van der Waals surface area contributed by atoms with Gasteiger partial charge in [0.2, 0.25) is 11.8 Å². The minimum atomic E-state index is -0.792. The highest BCUT2D eigenvalue weighted by Gasteiger charge is 2.33. The van der Waals surface area contributed by atoms with Gasteiger partial charge in [-0.3, -0.25) is 14.8 Å². The van der Waals surface area contributed by atoms with Crippen molar-refractivity contribution in [1.29, 1.82) is 0 Å². The number of carbonyl (C=O) groups is 2. The van der Waals surface area contributed by atoms with Crippen molar-refractivity contribution in [3.63, 3.8) is 0 Å². The van der Waals surface area contributed by atoms with Crippen molar-refractivity contribution in [1.82, 2.24) is 10.4 Å². The monoisotopic (exact) mass is 621 g/mol. The molecule has 0 aliphatic carbocycles. The number of phenolic OH excluding ortho intramolecular Hbond substituents is 1. The van der Waals surface area contributed by atoms with Crippen molar-refractivity contribution < 1.29 is 39.6 Å². The van der Waals surface area contributed by atoms with Gasteiger partial charge in [-0.25, -0.2) is 5.48 Å². The minimum Gasteiger partial charge on any atom is -0.508 e. The molecule has 2 amide bonds. The molecule has 242 valence electrons. The molecule has 11 heteroatoms. The standard InChI is InChI=1S/C34H43N3O8/c1-37(21-30(40)25-7-6-10-28(39)18-25)20-29-19-31(24-15-13-23(22-38)14-16-24)45-34(44-29)26-8-5-9-27(17-26)35-32(41)11-3-2-4-12-33(42)36-43/h5-10,13-18,29-31,34,38-40,43H,2-4,11-12,19-22H2,1H3,(H,35,41)(H,36,42). The van der Waals surface area contributed by atoms with Crippen LogP contribution in [0.4, 0.5) is 5.69 Å². The number of benzene rings is 3. The summed E-state index contributed by atoms with van der Waals surface area (Å²) in [6.45, 7) is 0.796. The summed E-state index contributed by atoms with van der Waals surface area (Å²) in [6, 6.07) is 21.6. The molecule has 45 heavy (non-hydrogen) atoms. The smallest absolute Gasteiger partial charge is 0.243 e. The lowest BCUT2D eigenvalue weighted by atomic mass is 9.99. The maximum atomic E-state index is 12.6. The van der Waals surface area contributed by atoms with E-state index < -0.39 is 18.3 Å². The Balaban J connectivity index is 1.42. The van der Waals surface area contributed by atoms with Gasteiger partial charge in [0.15, 0.2) is 6.29 Å². The molecular formula is C34H43N3O8. The van der Waals surface area contributed by atoms with Gasteiger partial charge >= 0.3 is 0 Å². The van der Waals surface area contributed by atoms with E-state index in [2.05, 4.69) is 5.32 Å². The lowest BCUT2D eigenvalue weighted by molar-refractivity contribution is -0.252. The summed E-state index contributed by atoms with van der Waals surface area (Å²) >= 11 is 0. The first-order valence-corrected chi connectivity index (χ1v) is 15.2. The largest absolute Gasteiger partial charge is 0.508 e. The zero-order valence-corrected chi connectivity index (χ0v) is 25.5. The van der Waals surface area contributed by atoms with Crippen molar-refractivity contribution in [2.45, 2.75) is 69.7 Å². The molecule has 0 spiro atoms. The van der Waals surface area contributed by atoms with Gasteiger partial charge in [0.05, 0.1) is 24.9 Å². The molecule has 0 aromatic heterocycles. The quantitative estimate of drug-likeness (QED) is 0.0816. The number of likely N-dealkylation sites (N-methyl/N-ethyl adjacent to an activating group) is 1. The number of aromatic hydroxyl groups is 1. The lowest BCUT2D eigenvalue weighted by Crippen LogP contribution is -2.39. The molecule has 3 aromatic carbocycles. The van der Waals surface area contributed by atoms with Gasteiger partial charge in [-0.15, -0.1) is 0 Å². The molecule has 0 radical (unpaired) electrons. The lowest BCUT2D eigenvalue weighted by Gasteiger charge is -2.38. The number of ether oxygens (including phenoxy) is 2. The van der Waals surface area contributed by atoms with Gasteiger partial charge in [0.1, 0.15) is 5.75 Å². The molecule has 1 aliphatic rings. The Morgan fingerprint density at radius 1 is 0.933 bits per heavy atom. The van der Waals surface area contributed by atoms with Crippen molar-refractivity contribution in [3.8, 4) is 5.75 Å². The zero-order chi connectivity index (χ0) is 32.2. The highest BCUT2D eigenvalue weighted by molar-refractivity contribution is 5.90. The third-order valence-corrected chi connectivity index (χ3v) is 7.74. The van der Waals surface area contributed by atoms with Crippen LogP contribution in [0.5, 0.6) is 5.75 Å². The first-order valence-electron chi connectivity index (χ1n) is 15.2. The van der Waals surface area contributed by atoms with Crippen LogP contribution in [0.3, 0.4) is 0 Å².